The molecule has 0 amide bonds. The summed E-state index contributed by atoms with van der Waals surface area (Å²) in [7, 11) is 0. The van der Waals surface area contributed by atoms with Crippen LogP contribution < -0.4 is 10.2 Å². The van der Waals surface area contributed by atoms with Crippen LogP contribution in [0.4, 0.5) is 17.1 Å². The molecule has 2 heterocycles. The van der Waals surface area contributed by atoms with Gasteiger partial charge in [-0.3, -0.25) is 4.79 Å². The number of ketones is 1. The van der Waals surface area contributed by atoms with Crippen LogP contribution in [0.1, 0.15) is 35.2 Å². The van der Waals surface area contributed by atoms with Crippen molar-refractivity contribution in [3.05, 3.63) is 71.8 Å². The largest absolute Gasteiger partial charge is 0.370 e. The summed E-state index contributed by atoms with van der Waals surface area (Å²) in [6.07, 6.45) is 3.58. The number of piperidine rings is 1. The normalized spacial score (nSPS) is 15.3. The molecular formula is C25H21N3O2. The molecule has 2 aliphatic rings. The van der Waals surface area contributed by atoms with Gasteiger partial charge in [-0.1, -0.05) is 47.6 Å². The van der Waals surface area contributed by atoms with Crippen LogP contribution in [0.5, 0.6) is 0 Å². The van der Waals surface area contributed by atoms with E-state index in [2.05, 4.69) is 21.4 Å². The lowest BCUT2D eigenvalue weighted by Gasteiger charge is -2.30. The van der Waals surface area contributed by atoms with Gasteiger partial charge >= 0.3 is 0 Å². The number of anilines is 3. The topological polar surface area (TPSA) is 58.4 Å². The Morgan fingerprint density at radius 2 is 1.63 bits per heavy atom. The Morgan fingerprint density at radius 3 is 2.43 bits per heavy atom. The van der Waals surface area contributed by atoms with Gasteiger partial charge in [0.2, 0.25) is 0 Å². The Bertz CT molecular complexity index is 1270. The average Bonchev–Trinajstić information content (AvgIpc) is 3.24. The van der Waals surface area contributed by atoms with Gasteiger partial charge < -0.3 is 14.7 Å². The molecule has 0 radical (unpaired) electrons. The molecule has 3 aromatic carbocycles. The average molecular weight is 395 g/mol. The Morgan fingerprint density at radius 1 is 0.900 bits per heavy atom. The highest BCUT2D eigenvalue weighted by Gasteiger charge is 2.33. The van der Waals surface area contributed by atoms with E-state index in [0.29, 0.717) is 16.9 Å². The maximum absolute atomic E-state index is 13.6. The molecule has 1 saturated heterocycles. The molecule has 30 heavy (non-hydrogen) atoms. The van der Waals surface area contributed by atoms with Crippen LogP contribution in [0.3, 0.4) is 0 Å². The molecule has 0 atom stereocenters. The van der Waals surface area contributed by atoms with Gasteiger partial charge in [-0.15, -0.1) is 0 Å². The predicted molar refractivity (Wildman–Crippen MR) is 119 cm³/mol. The van der Waals surface area contributed by atoms with Gasteiger partial charge in [-0.2, -0.15) is 0 Å². The highest BCUT2D eigenvalue weighted by atomic mass is 16.5. The zero-order chi connectivity index (χ0) is 20.1. The Labute approximate surface area is 174 Å². The Hall–Kier alpha value is -3.60. The lowest BCUT2D eigenvalue weighted by molar-refractivity contribution is 0.104. The monoisotopic (exact) mass is 395 g/mol. The van der Waals surface area contributed by atoms with Crippen molar-refractivity contribution in [2.24, 2.45) is 0 Å². The number of carbonyl (C=O) groups is 1. The third kappa shape index (κ3) is 2.55. The van der Waals surface area contributed by atoms with Gasteiger partial charge in [0.15, 0.2) is 11.5 Å². The number of fused-ring (bicyclic) bond motifs is 2. The molecule has 0 bridgehead atoms. The zero-order valence-electron chi connectivity index (χ0n) is 16.5. The van der Waals surface area contributed by atoms with Gasteiger partial charge in [0.25, 0.3) is 0 Å². The number of hydrogen-bond acceptors (Lipinski definition) is 5. The molecule has 5 nitrogen and oxygen atoms in total. The van der Waals surface area contributed by atoms with Gasteiger partial charge in [-0.25, -0.2) is 0 Å². The van der Waals surface area contributed by atoms with E-state index in [1.165, 1.54) is 6.42 Å². The van der Waals surface area contributed by atoms with Crippen LogP contribution in [-0.2, 0) is 0 Å². The quantitative estimate of drug-likeness (QED) is 0.420. The fourth-order valence-electron chi connectivity index (χ4n) is 4.69. The van der Waals surface area contributed by atoms with Gasteiger partial charge in [0, 0.05) is 29.9 Å². The Balaban J connectivity index is 1.63. The first-order chi connectivity index (χ1) is 14.8. The van der Waals surface area contributed by atoms with Crippen molar-refractivity contribution in [1.29, 1.82) is 0 Å². The van der Waals surface area contributed by atoms with E-state index < -0.39 is 0 Å². The van der Waals surface area contributed by atoms with Crippen LogP contribution in [0.2, 0.25) is 0 Å². The number of para-hydroxylation sites is 1. The number of benzene rings is 3. The van der Waals surface area contributed by atoms with Crippen LogP contribution >= 0.6 is 0 Å². The van der Waals surface area contributed by atoms with E-state index in [1.807, 2.05) is 54.6 Å². The molecule has 0 saturated carbocycles. The maximum Gasteiger partial charge on any atom is 0.196 e. The number of hydrogen-bond donors (Lipinski definition) is 1. The summed E-state index contributed by atoms with van der Waals surface area (Å²) >= 11 is 0. The summed E-state index contributed by atoms with van der Waals surface area (Å²) in [6, 6.07) is 19.7. The van der Waals surface area contributed by atoms with Crippen molar-refractivity contribution in [3.63, 3.8) is 0 Å². The molecule has 1 fully saturated rings. The lowest BCUT2D eigenvalue weighted by Crippen LogP contribution is -2.29. The van der Waals surface area contributed by atoms with Crippen molar-refractivity contribution in [2.45, 2.75) is 19.3 Å². The maximum atomic E-state index is 13.6. The molecule has 1 N–H and O–H groups in total. The van der Waals surface area contributed by atoms with E-state index in [1.54, 1.807) is 0 Å². The number of aromatic nitrogens is 1. The minimum absolute atomic E-state index is 0.00919. The molecule has 5 heteroatoms. The van der Waals surface area contributed by atoms with E-state index in [9.17, 15) is 4.79 Å². The molecule has 4 aromatic rings. The fraction of sp³-hybridized carbons (Fsp3) is 0.200. The first-order valence-corrected chi connectivity index (χ1v) is 10.5. The lowest BCUT2D eigenvalue weighted by atomic mass is 9.86. The molecule has 0 unspecified atom stereocenters. The smallest absolute Gasteiger partial charge is 0.196 e. The number of nitrogens with zero attached hydrogens (tertiary/aromatic N) is 2. The van der Waals surface area contributed by atoms with Gasteiger partial charge in [0.05, 0.1) is 22.3 Å². The fourth-order valence-corrected chi connectivity index (χ4v) is 4.69. The van der Waals surface area contributed by atoms with Crippen molar-refractivity contribution >= 4 is 33.7 Å². The van der Waals surface area contributed by atoms with Crippen molar-refractivity contribution in [1.82, 2.24) is 5.16 Å². The van der Waals surface area contributed by atoms with Crippen molar-refractivity contribution in [2.75, 3.05) is 23.3 Å². The van der Waals surface area contributed by atoms with Crippen LogP contribution in [-0.4, -0.2) is 24.0 Å². The van der Waals surface area contributed by atoms with Crippen molar-refractivity contribution in [3.8, 4) is 11.3 Å². The van der Waals surface area contributed by atoms with Gasteiger partial charge in [0.1, 0.15) is 5.52 Å². The number of carbonyl (C=O) groups excluding carboxylic acids is 1. The zero-order valence-corrected chi connectivity index (χ0v) is 16.5. The van der Waals surface area contributed by atoms with E-state index in [0.717, 1.165) is 59.5 Å². The summed E-state index contributed by atoms with van der Waals surface area (Å²) in [5.41, 5.74) is 5.69. The summed E-state index contributed by atoms with van der Waals surface area (Å²) in [4.78, 5) is 15.9. The molecular weight excluding hydrogens is 374 g/mol. The summed E-state index contributed by atoms with van der Waals surface area (Å²) in [5, 5.41) is 8.76. The summed E-state index contributed by atoms with van der Waals surface area (Å²) in [5.74, 6) is 0.695. The SMILES string of the molecule is O=C1c2ccccc2-c2onc3c(N4CCCCC4)cc(Nc4ccccc4)c1c23. The van der Waals surface area contributed by atoms with E-state index in [-0.39, 0.29) is 5.78 Å². The third-order valence-electron chi connectivity index (χ3n) is 6.13. The highest BCUT2D eigenvalue weighted by molar-refractivity contribution is 6.28. The molecule has 1 aromatic heterocycles. The van der Waals surface area contributed by atoms with Crippen LogP contribution in [0, 0.1) is 0 Å². The number of rotatable bonds is 3. The van der Waals surface area contributed by atoms with E-state index >= 15 is 0 Å². The minimum atomic E-state index is 0.00919. The molecule has 0 spiro atoms. The minimum Gasteiger partial charge on any atom is -0.370 e. The highest BCUT2D eigenvalue weighted by Crippen LogP contribution is 2.46. The van der Waals surface area contributed by atoms with Crippen molar-refractivity contribution < 1.29 is 9.32 Å². The molecule has 148 valence electrons. The molecule has 1 aliphatic carbocycles. The molecule has 6 rings (SSSR count). The second kappa shape index (κ2) is 6.73. The van der Waals surface area contributed by atoms with Gasteiger partial charge in [-0.05, 0) is 37.5 Å². The first kappa shape index (κ1) is 17.3. The number of nitrogens with one attached hydrogen (secondary N) is 1. The van der Waals surface area contributed by atoms with Crippen LogP contribution in [0.25, 0.3) is 22.2 Å². The standard InChI is InChI=1S/C25H21N3O2/c29-24-17-11-5-6-12-18(17)25-22-21(24)19(26-16-9-3-1-4-10-16)15-20(23(22)27-30-25)28-13-7-2-8-14-28/h1,3-6,9-12,15,26H,2,7-8,13-14H2. The predicted octanol–water partition coefficient (Wildman–Crippen LogP) is 5.77. The summed E-state index contributed by atoms with van der Waals surface area (Å²) in [6.45, 7) is 1.98. The second-order valence-electron chi connectivity index (χ2n) is 7.97. The summed E-state index contributed by atoms with van der Waals surface area (Å²) < 4.78 is 5.85. The molecule has 1 aliphatic heterocycles. The first-order valence-electron chi connectivity index (χ1n) is 10.5. The van der Waals surface area contributed by atoms with E-state index in [4.69, 9.17) is 4.52 Å². The Kier molecular flexibility index (Phi) is 3.88. The van der Waals surface area contributed by atoms with Crippen LogP contribution in [0.15, 0.2) is 65.2 Å². The third-order valence-corrected chi connectivity index (χ3v) is 6.13. The second-order valence-corrected chi connectivity index (χ2v) is 7.97.